The lowest BCUT2D eigenvalue weighted by Gasteiger charge is -2.07. The van der Waals surface area contributed by atoms with Crippen LogP contribution in [-0.4, -0.2) is 77.0 Å². The summed E-state index contributed by atoms with van der Waals surface area (Å²) in [6.07, 6.45) is 8.88. The summed E-state index contributed by atoms with van der Waals surface area (Å²) < 4.78 is 31.2. The van der Waals surface area contributed by atoms with Gasteiger partial charge in [0.2, 0.25) is 0 Å². The second-order valence-corrected chi connectivity index (χ2v) is 12.4. The molecule has 0 aromatic carbocycles. The number of unbranched alkanes of at least 4 members (excludes halogenated alkanes) is 6. The molecule has 16 heteroatoms. The van der Waals surface area contributed by atoms with Crippen LogP contribution < -0.4 is 11.1 Å². The second-order valence-electron chi connectivity index (χ2n) is 10.1. The quantitative estimate of drug-likeness (QED) is 0.0328. The molecule has 0 fully saturated rings. The SMILES string of the molecule is C=C(C)OCOCCCCCCOC(=O)c1cnc(SCSc2ncc(C(=O)OCCCCCCOCOC(=C)C)c(=O)[nH]2)[nH]c1=O. The minimum atomic E-state index is -0.739. The summed E-state index contributed by atoms with van der Waals surface area (Å²) in [5.41, 5.74) is -1.59. The highest BCUT2D eigenvalue weighted by Gasteiger charge is 2.15. The van der Waals surface area contributed by atoms with Gasteiger partial charge < -0.3 is 38.4 Å². The molecule has 0 spiro atoms. The first kappa shape index (κ1) is 39.6. The Hall–Kier alpha value is -3.60. The van der Waals surface area contributed by atoms with Crippen LogP contribution in [-0.2, 0) is 28.4 Å². The number of rotatable bonds is 26. The second kappa shape index (κ2) is 23.7. The van der Waals surface area contributed by atoms with Gasteiger partial charge in [0.1, 0.15) is 11.1 Å². The molecule has 47 heavy (non-hydrogen) atoms. The van der Waals surface area contributed by atoms with Crippen molar-refractivity contribution in [1.29, 1.82) is 0 Å². The van der Waals surface area contributed by atoms with Gasteiger partial charge in [-0.2, -0.15) is 0 Å². The Morgan fingerprint density at radius 1 is 0.638 bits per heavy atom. The number of nitrogens with zero attached hydrogens (tertiary/aromatic N) is 2. The smallest absolute Gasteiger partial charge is 0.345 e. The molecule has 2 aromatic heterocycles. The van der Waals surface area contributed by atoms with Crippen LogP contribution in [0.1, 0.15) is 85.9 Å². The Morgan fingerprint density at radius 3 is 1.38 bits per heavy atom. The highest BCUT2D eigenvalue weighted by Crippen LogP contribution is 2.22. The number of carbonyl (C=O) groups excluding carboxylic acids is 2. The van der Waals surface area contributed by atoms with E-state index in [2.05, 4.69) is 33.1 Å². The van der Waals surface area contributed by atoms with Crippen LogP contribution in [0, 0.1) is 0 Å². The van der Waals surface area contributed by atoms with Gasteiger partial charge in [0.15, 0.2) is 23.9 Å². The molecule has 0 atom stereocenters. The first-order valence-corrected chi connectivity index (χ1v) is 17.1. The zero-order valence-corrected chi connectivity index (χ0v) is 28.6. The molecule has 0 aliphatic heterocycles. The molecule has 0 bridgehead atoms. The van der Waals surface area contributed by atoms with E-state index in [1.165, 1.54) is 35.9 Å². The maximum absolute atomic E-state index is 12.4. The number of allylic oxidation sites excluding steroid dienone is 2. The van der Waals surface area contributed by atoms with E-state index in [4.69, 9.17) is 28.4 Å². The first-order valence-electron chi connectivity index (χ1n) is 15.2. The van der Waals surface area contributed by atoms with Crippen LogP contribution in [0.4, 0.5) is 0 Å². The monoisotopic (exact) mass is 696 g/mol. The summed E-state index contributed by atoms with van der Waals surface area (Å²) >= 11 is 2.35. The topological polar surface area (TPSA) is 181 Å². The van der Waals surface area contributed by atoms with E-state index in [9.17, 15) is 19.2 Å². The van der Waals surface area contributed by atoms with Gasteiger partial charge in [-0.05, 0) is 52.4 Å². The molecule has 0 saturated carbocycles. The summed E-state index contributed by atoms with van der Waals surface area (Å²) in [4.78, 5) is 62.7. The van der Waals surface area contributed by atoms with Gasteiger partial charge in [-0.3, -0.25) is 9.59 Å². The van der Waals surface area contributed by atoms with Crippen molar-refractivity contribution in [1.82, 2.24) is 19.9 Å². The standard InChI is InChI=1S/C31H44N4O10S2/c1-22(2)44-19-40-13-9-5-7-11-15-42-28(38)24-17-32-30(34-26(24)36)46-21-47-31-33-18-25(27(37)35-31)29(39)43-16-12-8-6-10-14-41-20-45-23(3)4/h17-18H,1,3,5-16,19-21H2,2,4H3,(H,32,34,36)(H,33,35,37). The van der Waals surface area contributed by atoms with Crippen molar-refractivity contribution < 1.29 is 38.0 Å². The number of esters is 2. The van der Waals surface area contributed by atoms with Gasteiger partial charge in [0.05, 0.1) is 43.0 Å². The lowest BCUT2D eigenvalue weighted by molar-refractivity contribution is -0.0237. The molecular weight excluding hydrogens is 652 g/mol. The van der Waals surface area contributed by atoms with Gasteiger partial charge in [-0.25, -0.2) is 19.6 Å². The number of carbonyl (C=O) groups is 2. The Bertz CT molecular complexity index is 1300. The van der Waals surface area contributed by atoms with Gasteiger partial charge in [0.25, 0.3) is 11.1 Å². The van der Waals surface area contributed by atoms with E-state index in [1.807, 2.05) is 0 Å². The maximum Gasteiger partial charge on any atom is 0.345 e. The van der Waals surface area contributed by atoms with Crippen molar-refractivity contribution in [2.75, 3.05) is 45.1 Å². The number of hydrogen-bond acceptors (Lipinski definition) is 14. The average molecular weight is 697 g/mol. The summed E-state index contributed by atoms with van der Waals surface area (Å²) in [5.74, 6) is -0.270. The van der Waals surface area contributed by atoms with E-state index < -0.39 is 23.1 Å². The fraction of sp³-hybridized carbons (Fsp3) is 0.548. The molecule has 0 unspecified atom stereocenters. The number of thioether (sulfide) groups is 2. The van der Waals surface area contributed by atoms with E-state index in [1.54, 1.807) is 13.8 Å². The number of nitrogens with one attached hydrogen (secondary N) is 2. The lowest BCUT2D eigenvalue weighted by atomic mass is 10.2. The Morgan fingerprint density at radius 2 is 1.02 bits per heavy atom. The van der Waals surface area contributed by atoms with E-state index in [0.29, 0.717) is 42.7 Å². The Kier molecular flexibility index (Phi) is 19.9. The molecular formula is C31H44N4O10S2. The molecule has 0 radical (unpaired) electrons. The fourth-order valence-electron chi connectivity index (χ4n) is 3.54. The summed E-state index contributed by atoms with van der Waals surface area (Å²) in [6.45, 7) is 12.6. The average Bonchev–Trinajstić information content (AvgIpc) is 3.02. The number of aromatic amines is 2. The van der Waals surface area contributed by atoms with Crippen molar-refractivity contribution in [2.45, 2.75) is 75.5 Å². The molecule has 2 N–H and O–H groups in total. The largest absolute Gasteiger partial charge is 0.473 e. The third kappa shape index (κ3) is 17.8. The zero-order chi connectivity index (χ0) is 34.3. The molecule has 2 heterocycles. The maximum atomic E-state index is 12.4. The van der Waals surface area contributed by atoms with Crippen molar-refractivity contribution in [3.05, 3.63) is 68.9 Å². The molecule has 2 rings (SSSR count). The third-order valence-corrected chi connectivity index (χ3v) is 7.90. The van der Waals surface area contributed by atoms with Crippen LogP contribution in [0.15, 0.2) is 57.0 Å². The Balaban J connectivity index is 1.62. The van der Waals surface area contributed by atoms with Crippen molar-refractivity contribution in [2.24, 2.45) is 0 Å². The van der Waals surface area contributed by atoms with Crippen molar-refractivity contribution in [3.63, 3.8) is 0 Å². The predicted molar refractivity (Wildman–Crippen MR) is 177 cm³/mol. The van der Waals surface area contributed by atoms with Crippen molar-refractivity contribution in [3.8, 4) is 0 Å². The number of ether oxygens (including phenoxy) is 6. The van der Waals surface area contributed by atoms with Crippen molar-refractivity contribution >= 4 is 35.5 Å². The van der Waals surface area contributed by atoms with E-state index in [-0.39, 0.29) is 48.2 Å². The van der Waals surface area contributed by atoms with Crippen LogP contribution >= 0.6 is 23.5 Å². The molecule has 0 amide bonds. The Labute approximate surface area is 282 Å². The first-order chi connectivity index (χ1) is 22.7. The van der Waals surface area contributed by atoms with Crippen LogP contribution in [0.5, 0.6) is 0 Å². The minimum Gasteiger partial charge on any atom is -0.473 e. The predicted octanol–water partition coefficient (Wildman–Crippen LogP) is 5.18. The highest BCUT2D eigenvalue weighted by atomic mass is 32.2. The molecule has 0 saturated heterocycles. The van der Waals surface area contributed by atoms with Gasteiger partial charge in [-0.15, -0.1) is 0 Å². The highest BCUT2D eigenvalue weighted by molar-refractivity contribution is 8.15. The van der Waals surface area contributed by atoms with Crippen LogP contribution in [0.25, 0.3) is 0 Å². The summed E-state index contributed by atoms with van der Waals surface area (Å²) in [6, 6.07) is 0. The number of aromatic nitrogens is 4. The number of H-pyrrole nitrogens is 2. The molecule has 0 aliphatic carbocycles. The zero-order valence-electron chi connectivity index (χ0n) is 27.0. The van der Waals surface area contributed by atoms with E-state index in [0.717, 1.165) is 38.5 Å². The van der Waals surface area contributed by atoms with E-state index >= 15 is 0 Å². The molecule has 260 valence electrons. The van der Waals surface area contributed by atoms with Gasteiger partial charge in [-0.1, -0.05) is 49.5 Å². The fourth-order valence-corrected chi connectivity index (χ4v) is 5.26. The summed E-state index contributed by atoms with van der Waals surface area (Å²) in [7, 11) is 0. The molecule has 14 nitrogen and oxygen atoms in total. The van der Waals surface area contributed by atoms with Gasteiger partial charge in [0, 0.05) is 12.4 Å². The molecule has 0 aliphatic rings. The molecule has 2 aromatic rings. The normalized spacial score (nSPS) is 10.8. The third-order valence-electron chi connectivity index (χ3n) is 5.99. The number of hydrogen-bond donors (Lipinski definition) is 2. The van der Waals surface area contributed by atoms with Crippen LogP contribution in [0.2, 0.25) is 0 Å². The van der Waals surface area contributed by atoms with Crippen LogP contribution in [0.3, 0.4) is 0 Å². The minimum absolute atomic E-state index is 0.184. The summed E-state index contributed by atoms with van der Waals surface area (Å²) in [5, 5.41) is 0.890. The van der Waals surface area contributed by atoms with Gasteiger partial charge >= 0.3 is 11.9 Å². The lowest BCUT2D eigenvalue weighted by Crippen LogP contribution is -2.21.